The number of hydrogen-bond donors (Lipinski definition) is 0. The average molecular weight is 330 g/mol. The van der Waals surface area contributed by atoms with Crippen LogP contribution < -0.4 is 9.47 Å². The van der Waals surface area contributed by atoms with Crippen LogP contribution in [0.15, 0.2) is 48.5 Å². The Morgan fingerprint density at radius 2 is 1.79 bits per heavy atom. The number of benzene rings is 2. The molecule has 2 rings (SSSR count). The number of ether oxygens (including phenoxy) is 3. The van der Waals surface area contributed by atoms with Gasteiger partial charge in [-0.3, -0.25) is 0 Å². The summed E-state index contributed by atoms with van der Waals surface area (Å²) >= 11 is 0. The van der Waals surface area contributed by atoms with Crippen molar-refractivity contribution in [3.8, 4) is 11.5 Å². The lowest BCUT2D eigenvalue weighted by molar-refractivity contribution is -0.142. The number of hydrogen-bond acceptors (Lipinski definition) is 4. The summed E-state index contributed by atoms with van der Waals surface area (Å²) in [5.41, 5.74) is 1.42. The molecule has 0 aliphatic heterocycles. The van der Waals surface area contributed by atoms with E-state index in [9.17, 15) is 9.18 Å². The Hall–Kier alpha value is -2.82. The molecule has 2 aromatic carbocycles. The van der Waals surface area contributed by atoms with Crippen LogP contribution in [0, 0.1) is 5.82 Å². The topological polar surface area (TPSA) is 44.8 Å². The molecular formula is C19H19FO4. The minimum Gasteiger partial charge on any atom is -0.497 e. The van der Waals surface area contributed by atoms with Gasteiger partial charge in [-0.2, -0.15) is 0 Å². The van der Waals surface area contributed by atoms with Crippen molar-refractivity contribution in [2.75, 3.05) is 14.2 Å². The predicted octanol–water partition coefficient (Wildman–Crippen LogP) is 4.16. The molecule has 4 nitrogen and oxygen atoms in total. The van der Waals surface area contributed by atoms with Gasteiger partial charge in [0.15, 0.2) is 0 Å². The molecule has 1 atom stereocenters. The molecule has 126 valence electrons. The first-order chi connectivity index (χ1) is 11.5. The Bertz CT molecular complexity index is 723. The highest BCUT2D eigenvalue weighted by molar-refractivity contribution is 5.87. The smallest absolute Gasteiger partial charge is 0.331 e. The average Bonchev–Trinajstić information content (AvgIpc) is 2.60. The molecule has 0 aliphatic carbocycles. The fourth-order valence-electron chi connectivity index (χ4n) is 2.14. The molecule has 5 heteroatoms. The summed E-state index contributed by atoms with van der Waals surface area (Å²) < 4.78 is 28.6. The predicted molar refractivity (Wildman–Crippen MR) is 89.5 cm³/mol. The molecule has 0 unspecified atom stereocenters. The molecule has 0 aliphatic rings. The zero-order chi connectivity index (χ0) is 17.5. The number of halogens is 1. The highest BCUT2D eigenvalue weighted by Crippen LogP contribution is 2.25. The lowest BCUT2D eigenvalue weighted by Gasteiger charge is -2.12. The molecule has 0 saturated carbocycles. The third-order valence-electron chi connectivity index (χ3n) is 3.47. The van der Waals surface area contributed by atoms with Gasteiger partial charge >= 0.3 is 5.97 Å². The highest BCUT2D eigenvalue weighted by atomic mass is 19.1. The van der Waals surface area contributed by atoms with Gasteiger partial charge in [0, 0.05) is 11.6 Å². The maximum Gasteiger partial charge on any atom is 0.331 e. The SMILES string of the molecule is COc1ccc(OC)c(/C=C/C(=O)O[C@@H](C)c2ccc(F)cc2)c1. The molecular weight excluding hydrogens is 311 g/mol. The third-order valence-corrected chi connectivity index (χ3v) is 3.47. The molecule has 0 N–H and O–H groups in total. The van der Waals surface area contributed by atoms with E-state index >= 15 is 0 Å². The quantitative estimate of drug-likeness (QED) is 0.589. The molecule has 0 amide bonds. The third kappa shape index (κ3) is 4.59. The van der Waals surface area contributed by atoms with Gasteiger partial charge in [0.2, 0.25) is 0 Å². The number of carbonyl (C=O) groups excluding carboxylic acids is 1. The summed E-state index contributed by atoms with van der Waals surface area (Å²) in [4.78, 5) is 12.0. The van der Waals surface area contributed by atoms with E-state index in [-0.39, 0.29) is 5.82 Å². The Morgan fingerprint density at radius 1 is 1.08 bits per heavy atom. The van der Waals surface area contributed by atoms with Crippen LogP contribution in [-0.2, 0) is 9.53 Å². The first-order valence-corrected chi connectivity index (χ1v) is 7.39. The van der Waals surface area contributed by atoms with Crippen molar-refractivity contribution in [2.24, 2.45) is 0 Å². The highest BCUT2D eigenvalue weighted by Gasteiger charge is 2.10. The molecule has 0 radical (unpaired) electrons. The Balaban J connectivity index is 2.06. The number of methoxy groups -OCH3 is 2. The Kier molecular flexibility index (Phi) is 5.95. The van der Waals surface area contributed by atoms with Crippen LogP contribution in [0.25, 0.3) is 6.08 Å². The molecule has 0 bridgehead atoms. The summed E-state index contributed by atoms with van der Waals surface area (Å²) in [5.74, 6) is 0.439. The molecule has 24 heavy (non-hydrogen) atoms. The van der Waals surface area contributed by atoms with Crippen LogP contribution in [-0.4, -0.2) is 20.2 Å². The van der Waals surface area contributed by atoms with Gasteiger partial charge < -0.3 is 14.2 Å². The van der Waals surface area contributed by atoms with Crippen molar-refractivity contribution in [3.05, 3.63) is 65.5 Å². The van der Waals surface area contributed by atoms with E-state index in [0.29, 0.717) is 17.1 Å². The summed E-state index contributed by atoms with van der Waals surface area (Å²) in [6.07, 6.45) is 2.44. The van der Waals surface area contributed by atoms with Crippen LogP contribution in [0.3, 0.4) is 0 Å². The zero-order valence-corrected chi connectivity index (χ0v) is 13.8. The molecule has 0 saturated heterocycles. The number of carbonyl (C=O) groups is 1. The normalized spacial score (nSPS) is 12.0. The van der Waals surface area contributed by atoms with Crippen LogP contribution in [0.4, 0.5) is 4.39 Å². The van der Waals surface area contributed by atoms with E-state index in [1.54, 1.807) is 57.6 Å². The zero-order valence-electron chi connectivity index (χ0n) is 13.8. The minimum absolute atomic E-state index is 0.331. The van der Waals surface area contributed by atoms with Crippen molar-refractivity contribution in [3.63, 3.8) is 0 Å². The fourth-order valence-corrected chi connectivity index (χ4v) is 2.14. The van der Waals surface area contributed by atoms with Gasteiger partial charge in [0.05, 0.1) is 14.2 Å². The minimum atomic E-state index is -0.503. The van der Waals surface area contributed by atoms with E-state index in [2.05, 4.69) is 0 Å². The second-order valence-electron chi connectivity index (χ2n) is 5.07. The lowest BCUT2D eigenvalue weighted by atomic mass is 10.1. The van der Waals surface area contributed by atoms with Crippen molar-refractivity contribution in [2.45, 2.75) is 13.0 Å². The maximum atomic E-state index is 12.9. The van der Waals surface area contributed by atoms with Gasteiger partial charge in [-0.25, -0.2) is 9.18 Å². The van der Waals surface area contributed by atoms with E-state index in [1.165, 1.54) is 18.2 Å². The van der Waals surface area contributed by atoms with E-state index in [4.69, 9.17) is 14.2 Å². The molecule has 0 spiro atoms. The first-order valence-electron chi connectivity index (χ1n) is 7.39. The maximum absolute atomic E-state index is 12.9. The standard InChI is InChI=1S/C19H19FO4/c1-13(14-4-7-16(20)8-5-14)24-19(21)11-6-15-12-17(22-2)9-10-18(15)23-3/h4-13H,1-3H3/b11-6+/t13-/m0/s1. The van der Waals surface area contributed by atoms with E-state index in [0.717, 1.165) is 5.56 Å². The van der Waals surface area contributed by atoms with Crippen LogP contribution in [0.2, 0.25) is 0 Å². The fraction of sp³-hybridized carbons (Fsp3) is 0.211. The van der Waals surface area contributed by atoms with Crippen molar-refractivity contribution < 1.29 is 23.4 Å². The van der Waals surface area contributed by atoms with Crippen molar-refractivity contribution in [1.29, 1.82) is 0 Å². The van der Waals surface area contributed by atoms with E-state index in [1.807, 2.05) is 0 Å². The number of esters is 1. The van der Waals surface area contributed by atoms with Crippen LogP contribution >= 0.6 is 0 Å². The van der Waals surface area contributed by atoms with Gasteiger partial charge in [-0.05, 0) is 48.9 Å². The lowest BCUT2D eigenvalue weighted by Crippen LogP contribution is -2.06. The number of rotatable bonds is 6. The molecule has 0 heterocycles. The van der Waals surface area contributed by atoms with Gasteiger partial charge in [-0.15, -0.1) is 0 Å². The van der Waals surface area contributed by atoms with Crippen LogP contribution in [0.5, 0.6) is 11.5 Å². The molecule has 0 aromatic heterocycles. The van der Waals surface area contributed by atoms with Gasteiger partial charge in [-0.1, -0.05) is 12.1 Å². The largest absolute Gasteiger partial charge is 0.497 e. The summed E-state index contributed by atoms with van der Waals surface area (Å²) in [6, 6.07) is 11.1. The van der Waals surface area contributed by atoms with Crippen molar-refractivity contribution in [1.82, 2.24) is 0 Å². The monoisotopic (exact) mass is 330 g/mol. The Morgan fingerprint density at radius 3 is 2.42 bits per heavy atom. The first kappa shape index (κ1) is 17.5. The van der Waals surface area contributed by atoms with Gasteiger partial charge in [0.25, 0.3) is 0 Å². The molecule has 2 aromatic rings. The van der Waals surface area contributed by atoms with Crippen molar-refractivity contribution >= 4 is 12.0 Å². The molecule has 0 fully saturated rings. The van der Waals surface area contributed by atoms with Gasteiger partial charge in [0.1, 0.15) is 23.4 Å². The van der Waals surface area contributed by atoms with Crippen LogP contribution in [0.1, 0.15) is 24.2 Å². The second kappa shape index (κ2) is 8.15. The van der Waals surface area contributed by atoms with E-state index < -0.39 is 12.1 Å². The second-order valence-corrected chi connectivity index (χ2v) is 5.07. The summed E-state index contributed by atoms with van der Waals surface area (Å²) in [5, 5.41) is 0. The summed E-state index contributed by atoms with van der Waals surface area (Å²) in [6.45, 7) is 1.73. The summed E-state index contributed by atoms with van der Waals surface area (Å²) in [7, 11) is 3.11. The Labute approximate surface area is 140 Å².